The number of carboxylic acids is 1. The molecule has 0 aliphatic carbocycles. The van der Waals surface area contributed by atoms with Crippen molar-refractivity contribution >= 4 is 77.4 Å². The maximum absolute atomic E-state index is 10.7. The van der Waals surface area contributed by atoms with Gasteiger partial charge in [0.2, 0.25) is 0 Å². The first-order valence-electron chi connectivity index (χ1n) is 5.66. The predicted octanol–water partition coefficient (Wildman–Crippen LogP) is -0.486. The molecule has 0 amide bonds. The van der Waals surface area contributed by atoms with Crippen molar-refractivity contribution in [2.45, 2.75) is 13.3 Å². The first-order valence-corrected chi connectivity index (χ1v) is 5.66. The summed E-state index contributed by atoms with van der Waals surface area (Å²) >= 11 is 0. The molecule has 0 bridgehead atoms. The van der Waals surface area contributed by atoms with Crippen LogP contribution in [-0.2, 0) is 38.2 Å². The van der Waals surface area contributed by atoms with Crippen molar-refractivity contribution < 1.29 is 43.3 Å². The largest absolute Gasteiger partial charge is 0.480 e. The predicted molar refractivity (Wildman–Crippen MR) is 110 cm³/mol. The Balaban J connectivity index is -0.0000000359. The molecule has 0 unspecified atom stereocenters. The monoisotopic (exact) mass is 442 g/mol. The molecule has 0 aromatic heterocycles. The molecule has 0 saturated heterocycles. The van der Waals surface area contributed by atoms with Crippen LogP contribution in [0, 0.1) is 0 Å². The number of aliphatic carboxylic acids is 1. The highest BCUT2D eigenvalue weighted by molar-refractivity contribution is 7.59. The number of Topliss-reactive ketones (excluding diaryl/α,β-unsaturated/α-hetero) is 1. The molecule has 0 rings (SSSR count). The molecular weight excluding hydrogens is 412 g/mol. The molecule has 0 saturated carbocycles. The molecule has 7 N–H and O–H groups in total. The fourth-order valence-electron chi connectivity index (χ4n) is 0.565. The van der Waals surface area contributed by atoms with Gasteiger partial charge < -0.3 is 26.9 Å². The van der Waals surface area contributed by atoms with Crippen molar-refractivity contribution in [3.63, 3.8) is 0 Å². The molecule has 0 aliphatic rings. The number of aldehydes is 4. The highest BCUT2D eigenvalue weighted by Crippen LogP contribution is 1.84. The van der Waals surface area contributed by atoms with Gasteiger partial charge in [-0.25, -0.2) is 4.79 Å². The Morgan fingerprint density at radius 3 is 1.31 bits per heavy atom. The van der Waals surface area contributed by atoms with Crippen LogP contribution in [0.5, 0.6) is 0 Å². The lowest BCUT2D eigenvalue weighted by atomic mass is 10.3. The van der Waals surface area contributed by atoms with Gasteiger partial charge in [0.25, 0.3) is 0 Å². The van der Waals surface area contributed by atoms with Gasteiger partial charge in [-0.2, -0.15) is 40.5 Å². The summed E-state index contributed by atoms with van der Waals surface area (Å²) in [7, 11) is 0. The number of hydrogen-bond donors (Lipinski definition) is 3. The van der Waals surface area contributed by atoms with Crippen molar-refractivity contribution in [2.75, 3.05) is 26.4 Å². The van der Waals surface area contributed by atoms with Crippen molar-refractivity contribution in [3.05, 3.63) is 0 Å². The minimum absolute atomic E-state index is 0. The second kappa shape index (κ2) is 49.5. The van der Waals surface area contributed by atoms with E-state index in [4.69, 9.17) is 29.0 Å². The number of carbonyl (C=O) groups is 6. The summed E-state index contributed by atoms with van der Waals surface area (Å²) in [6.45, 7) is 1.95. The molecule has 0 aliphatic heterocycles. The van der Waals surface area contributed by atoms with Crippen molar-refractivity contribution in [1.29, 1.82) is 0 Å². The Kier molecular flexibility index (Phi) is 94.8. The third-order valence-corrected chi connectivity index (χ3v) is 1.37. The summed E-state index contributed by atoms with van der Waals surface area (Å²) in [5, 5.41) is 8.18. The summed E-state index contributed by atoms with van der Waals surface area (Å²) in [4.78, 5) is 55.9. The minimum Gasteiger partial charge on any atom is -0.480 e. The number of carbonyl (C=O) groups excluding carboxylic acids is 5. The Bertz CT molecular complexity index is 311. The normalized spacial score (nSPS) is 6.50. The Morgan fingerprint density at radius 2 is 1.08 bits per heavy atom. The molecule has 11 nitrogen and oxygen atoms in total. The summed E-state index contributed by atoms with van der Waals surface area (Å²) in [6, 6.07) is 0. The lowest BCUT2D eigenvalue weighted by Crippen LogP contribution is -2.14. The fourth-order valence-corrected chi connectivity index (χ4v) is 0.565. The fraction of sp³-hybridized carbons (Fsp3) is 0.500. The SMILES string of the molecule is CCC(=O)COCCOCC(=O)O.N.N.O=CC=O.O=CC=O.S.S.S. The first-order chi connectivity index (χ1) is 9.99. The second-order valence-corrected chi connectivity index (χ2v) is 2.94. The van der Waals surface area contributed by atoms with E-state index in [9.17, 15) is 9.59 Å². The van der Waals surface area contributed by atoms with E-state index in [0.717, 1.165) is 0 Å². The topological polar surface area (TPSA) is 211 Å². The number of ketones is 1. The van der Waals surface area contributed by atoms with E-state index in [2.05, 4.69) is 4.74 Å². The maximum atomic E-state index is 10.7. The van der Waals surface area contributed by atoms with Crippen molar-refractivity contribution in [3.8, 4) is 0 Å². The molecule has 0 atom stereocenters. The van der Waals surface area contributed by atoms with Gasteiger partial charge in [-0.3, -0.25) is 24.0 Å². The van der Waals surface area contributed by atoms with Crippen LogP contribution < -0.4 is 12.3 Å². The zero-order valence-corrected chi connectivity index (χ0v) is 17.5. The average Bonchev–Trinajstić information content (AvgIpc) is 2.50. The van der Waals surface area contributed by atoms with Gasteiger partial charge in [0.1, 0.15) is 13.2 Å². The molecular formula is C12H30N2O9S3. The second-order valence-electron chi connectivity index (χ2n) is 2.94. The van der Waals surface area contributed by atoms with Gasteiger partial charge in [-0.05, 0) is 0 Å². The van der Waals surface area contributed by atoms with Crippen LogP contribution >= 0.6 is 40.5 Å². The third-order valence-electron chi connectivity index (χ3n) is 1.37. The number of carboxylic acid groups (broad SMARTS) is 1. The lowest BCUT2D eigenvalue weighted by molar-refractivity contribution is -0.143. The molecule has 26 heavy (non-hydrogen) atoms. The zero-order chi connectivity index (χ0) is 16.9. The zero-order valence-electron chi connectivity index (χ0n) is 14.5. The van der Waals surface area contributed by atoms with Crippen molar-refractivity contribution in [1.82, 2.24) is 12.3 Å². The van der Waals surface area contributed by atoms with Gasteiger partial charge in [0, 0.05) is 6.42 Å². The summed E-state index contributed by atoms with van der Waals surface area (Å²) in [6.07, 6.45) is 1.23. The molecule has 0 radical (unpaired) electrons. The van der Waals surface area contributed by atoms with Gasteiger partial charge in [-0.15, -0.1) is 0 Å². The third kappa shape index (κ3) is 78.1. The molecule has 0 heterocycles. The lowest BCUT2D eigenvalue weighted by Gasteiger charge is -2.02. The van der Waals surface area contributed by atoms with E-state index < -0.39 is 5.97 Å². The molecule has 14 heteroatoms. The molecule has 160 valence electrons. The van der Waals surface area contributed by atoms with E-state index in [0.29, 0.717) is 6.42 Å². The average molecular weight is 443 g/mol. The molecule has 0 spiro atoms. The quantitative estimate of drug-likeness (QED) is 0.223. The van der Waals surface area contributed by atoms with E-state index >= 15 is 0 Å². The van der Waals surface area contributed by atoms with Gasteiger partial charge in [0.15, 0.2) is 30.9 Å². The van der Waals surface area contributed by atoms with E-state index in [1.807, 2.05) is 0 Å². The highest BCUT2D eigenvalue weighted by Gasteiger charge is 1.98. The van der Waals surface area contributed by atoms with Gasteiger partial charge in [-0.1, -0.05) is 6.92 Å². The van der Waals surface area contributed by atoms with Crippen LogP contribution in [0.1, 0.15) is 13.3 Å². The van der Waals surface area contributed by atoms with E-state index in [-0.39, 0.29) is 110 Å². The van der Waals surface area contributed by atoms with Crippen LogP contribution in [0.2, 0.25) is 0 Å². The summed E-state index contributed by atoms with van der Waals surface area (Å²) in [5.41, 5.74) is 0. The summed E-state index contributed by atoms with van der Waals surface area (Å²) in [5.74, 6) is -0.983. The summed E-state index contributed by atoms with van der Waals surface area (Å²) < 4.78 is 9.58. The van der Waals surface area contributed by atoms with Gasteiger partial charge >= 0.3 is 5.97 Å². The van der Waals surface area contributed by atoms with Crippen LogP contribution in [0.3, 0.4) is 0 Å². The van der Waals surface area contributed by atoms with Gasteiger partial charge in [0.05, 0.1) is 13.2 Å². The number of rotatable bonds is 10. The van der Waals surface area contributed by atoms with E-state index in [1.54, 1.807) is 6.92 Å². The smallest absolute Gasteiger partial charge is 0.329 e. The maximum Gasteiger partial charge on any atom is 0.329 e. The molecule has 0 aromatic carbocycles. The number of ether oxygens (including phenoxy) is 2. The van der Waals surface area contributed by atoms with Crippen LogP contribution in [0.25, 0.3) is 0 Å². The molecule has 0 fully saturated rings. The Labute approximate surface area is 173 Å². The standard InChI is InChI=1S/C8H14O5.2C2H2O2.2H3N.3H2S/c1-2-7(9)5-12-3-4-13-6-8(10)11;2*3-1-2-4;;;;;/h2-6H2,1H3,(H,10,11);2*1-2H;2*1H3;3*1H2. The highest BCUT2D eigenvalue weighted by atomic mass is 32.1. The van der Waals surface area contributed by atoms with Crippen LogP contribution in [0.15, 0.2) is 0 Å². The van der Waals surface area contributed by atoms with E-state index in [1.165, 1.54) is 0 Å². The Morgan fingerprint density at radius 1 is 0.769 bits per heavy atom. The number of hydrogen-bond acceptors (Lipinski definition) is 10. The molecule has 0 aromatic rings. The first kappa shape index (κ1) is 49.7. The Hall–Kier alpha value is -1.29. The van der Waals surface area contributed by atoms with Crippen LogP contribution in [-0.4, -0.2) is 68.4 Å². The minimum atomic E-state index is -1.01. The van der Waals surface area contributed by atoms with Crippen LogP contribution in [0.4, 0.5) is 0 Å². The van der Waals surface area contributed by atoms with Crippen molar-refractivity contribution in [2.24, 2.45) is 0 Å².